The first kappa shape index (κ1) is 48.9. The summed E-state index contributed by atoms with van der Waals surface area (Å²) in [7, 11) is 0. The zero-order valence-electron chi connectivity index (χ0n) is 32.9. The van der Waals surface area contributed by atoms with Crippen LogP contribution in [0.2, 0.25) is 0 Å². The van der Waals surface area contributed by atoms with Gasteiger partial charge in [0.15, 0.2) is 6.29 Å². The van der Waals surface area contributed by atoms with Gasteiger partial charge >= 0.3 is 0 Å². The van der Waals surface area contributed by atoms with Crippen molar-refractivity contribution in [3.05, 3.63) is 109 Å². The molecule has 7 unspecified atom stereocenters. The molecule has 0 saturated carbocycles. The Hall–Kier alpha value is -3.15. The van der Waals surface area contributed by atoms with Gasteiger partial charge in [-0.25, -0.2) is 0 Å². The van der Waals surface area contributed by atoms with Crippen LogP contribution in [-0.4, -0.2) is 87.5 Å². The normalized spacial score (nSPS) is 22.7. The molecule has 54 heavy (non-hydrogen) atoms. The summed E-state index contributed by atoms with van der Waals surface area (Å²) in [5.74, 6) is -0.236. The third-order valence-corrected chi connectivity index (χ3v) is 8.60. The van der Waals surface area contributed by atoms with Gasteiger partial charge in [0.05, 0.1) is 25.4 Å². The van der Waals surface area contributed by atoms with E-state index in [4.69, 9.17) is 9.47 Å². The highest BCUT2D eigenvalue weighted by molar-refractivity contribution is 5.76. The van der Waals surface area contributed by atoms with E-state index in [0.29, 0.717) is 6.42 Å². The molecule has 1 heterocycles. The second-order valence-electron chi connectivity index (χ2n) is 13.3. The number of carbonyl (C=O) groups excluding carboxylic acids is 1. The number of rotatable bonds is 30. The van der Waals surface area contributed by atoms with E-state index in [1.165, 1.54) is 0 Å². The highest BCUT2D eigenvalue weighted by Crippen LogP contribution is 2.22. The van der Waals surface area contributed by atoms with Gasteiger partial charge in [-0.3, -0.25) is 4.79 Å². The summed E-state index contributed by atoms with van der Waals surface area (Å²) in [6.07, 6.45) is 43.5. The summed E-state index contributed by atoms with van der Waals surface area (Å²) < 4.78 is 11.0. The number of aliphatic hydroxyl groups excluding tert-OH is 5. The van der Waals surface area contributed by atoms with Crippen LogP contribution in [-0.2, 0) is 14.3 Å². The molecule has 0 aromatic carbocycles. The number of ether oxygens (including phenoxy) is 2. The van der Waals surface area contributed by atoms with E-state index in [0.717, 1.165) is 83.5 Å². The Morgan fingerprint density at radius 1 is 0.648 bits per heavy atom. The summed E-state index contributed by atoms with van der Waals surface area (Å²) >= 11 is 0. The van der Waals surface area contributed by atoms with Gasteiger partial charge in [0.25, 0.3) is 0 Å². The van der Waals surface area contributed by atoms with Crippen LogP contribution in [0.15, 0.2) is 109 Å². The van der Waals surface area contributed by atoms with Gasteiger partial charge in [-0.05, 0) is 77.0 Å². The molecule has 0 aromatic heterocycles. The predicted octanol–water partition coefficient (Wildman–Crippen LogP) is 7.55. The van der Waals surface area contributed by atoms with Gasteiger partial charge < -0.3 is 40.3 Å². The lowest BCUT2D eigenvalue weighted by molar-refractivity contribution is -0.302. The number of allylic oxidation sites excluding steroid dienone is 17. The van der Waals surface area contributed by atoms with Crippen LogP contribution in [0.25, 0.3) is 0 Å². The minimum absolute atomic E-state index is 0.218. The third kappa shape index (κ3) is 25.0. The molecule has 304 valence electrons. The first-order valence-electron chi connectivity index (χ1n) is 20.1. The molecular formula is C45H71NO8. The Bertz CT molecular complexity index is 1200. The highest BCUT2D eigenvalue weighted by atomic mass is 16.7. The molecule has 0 aliphatic carbocycles. The fourth-order valence-corrected chi connectivity index (χ4v) is 5.33. The van der Waals surface area contributed by atoms with Crippen LogP contribution in [0.5, 0.6) is 0 Å². The Morgan fingerprint density at radius 3 is 1.61 bits per heavy atom. The van der Waals surface area contributed by atoms with E-state index < -0.39 is 49.5 Å². The van der Waals surface area contributed by atoms with Gasteiger partial charge in [0, 0.05) is 6.42 Å². The van der Waals surface area contributed by atoms with Crippen LogP contribution >= 0.6 is 0 Å². The van der Waals surface area contributed by atoms with Gasteiger partial charge in [-0.1, -0.05) is 136 Å². The number of hydrogen-bond donors (Lipinski definition) is 6. The van der Waals surface area contributed by atoms with Crippen molar-refractivity contribution in [2.75, 3.05) is 13.2 Å². The van der Waals surface area contributed by atoms with Crippen molar-refractivity contribution in [1.82, 2.24) is 5.32 Å². The molecule has 1 saturated heterocycles. The largest absolute Gasteiger partial charge is 0.394 e. The van der Waals surface area contributed by atoms with Crippen molar-refractivity contribution in [1.29, 1.82) is 0 Å². The lowest BCUT2D eigenvalue weighted by Crippen LogP contribution is -2.60. The lowest BCUT2D eigenvalue weighted by atomic mass is 9.99. The molecule has 1 rings (SSSR count). The number of nitrogens with one attached hydrogen (secondary N) is 1. The second kappa shape index (κ2) is 34.3. The molecule has 1 aliphatic rings. The lowest BCUT2D eigenvalue weighted by Gasteiger charge is -2.40. The predicted molar refractivity (Wildman–Crippen MR) is 221 cm³/mol. The van der Waals surface area contributed by atoms with Gasteiger partial charge in [-0.15, -0.1) is 0 Å². The highest BCUT2D eigenvalue weighted by Gasteiger charge is 2.44. The second-order valence-corrected chi connectivity index (χ2v) is 13.3. The monoisotopic (exact) mass is 754 g/mol. The van der Waals surface area contributed by atoms with Crippen molar-refractivity contribution in [3.63, 3.8) is 0 Å². The molecule has 1 fully saturated rings. The summed E-state index contributed by atoms with van der Waals surface area (Å²) in [5.41, 5.74) is 0. The van der Waals surface area contributed by atoms with E-state index >= 15 is 0 Å². The molecule has 0 aromatic rings. The summed E-state index contributed by atoms with van der Waals surface area (Å²) in [6, 6.07) is -0.831. The van der Waals surface area contributed by atoms with Gasteiger partial charge in [0.1, 0.15) is 24.4 Å². The van der Waals surface area contributed by atoms with E-state index in [1.807, 2.05) is 6.08 Å². The van der Waals surface area contributed by atoms with E-state index in [2.05, 4.69) is 116 Å². The van der Waals surface area contributed by atoms with Crippen molar-refractivity contribution < 1.29 is 39.8 Å². The van der Waals surface area contributed by atoms with Crippen molar-refractivity contribution in [2.24, 2.45) is 0 Å². The number of carbonyl (C=O) groups is 1. The molecule has 0 bridgehead atoms. The Morgan fingerprint density at radius 2 is 1.13 bits per heavy atom. The number of hydrogen-bond acceptors (Lipinski definition) is 8. The molecule has 0 radical (unpaired) electrons. The van der Waals surface area contributed by atoms with E-state index in [9.17, 15) is 30.3 Å². The Labute approximate surface area is 325 Å². The fraction of sp³-hybridized carbons (Fsp3) is 0.578. The number of aliphatic hydroxyl groups is 5. The molecule has 9 nitrogen and oxygen atoms in total. The Kier molecular flexibility index (Phi) is 31.1. The van der Waals surface area contributed by atoms with Gasteiger partial charge in [-0.2, -0.15) is 0 Å². The van der Waals surface area contributed by atoms with Crippen molar-refractivity contribution >= 4 is 5.91 Å². The van der Waals surface area contributed by atoms with Crippen molar-refractivity contribution in [2.45, 2.75) is 153 Å². The minimum Gasteiger partial charge on any atom is -0.394 e. The quantitative estimate of drug-likeness (QED) is 0.0326. The maximum absolute atomic E-state index is 12.8. The zero-order valence-corrected chi connectivity index (χ0v) is 32.9. The van der Waals surface area contributed by atoms with Crippen LogP contribution in [0, 0.1) is 0 Å². The molecule has 0 spiro atoms. The van der Waals surface area contributed by atoms with E-state index in [1.54, 1.807) is 6.08 Å². The van der Waals surface area contributed by atoms with Crippen molar-refractivity contribution in [3.8, 4) is 0 Å². The molecule has 6 N–H and O–H groups in total. The molecule has 7 atom stereocenters. The first-order valence-corrected chi connectivity index (χ1v) is 20.1. The summed E-state index contributed by atoms with van der Waals surface area (Å²) in [4.78, 5) is 12.8. The smallest absolute Gasteiger partial charge is 0.220 e. The van der Waals surface area contributed by atoms with Gasteiger partial charge in [0.2, 0.25) is 5.91 Å². The van der Waals surface area contributed by atoms with Crippen LogP contribution < -0.4 is 5.32 Å². The molecule has 1 amide bonds. The zero-order chi connectivity index (χ0) is 39.5. The number of amides is 1. The molecule has 1 aliphatic heterocycles. The van der Waals surface area contributed by atoms with E-state index in [-0.39, 0.29) is 18.9 Å². The third-order valence-electron chi connectivity index (χ3n) is 8.60. The van der Waals surface area contributed by atoms with Crippen LogP contribution in [0.3, 0.4) is 0 Å². The first-order chi connectivity index (χ1) is 26.3. The fourth-order valence-electron chi connectivity index (χ4n) is 5.33. The Balaban J connectivity index is 2.25. The molecule has 9 heteroatoms. The topological polar surface area (TPSA) is 149 Å². The maximum Gasteiger partial charge on any atom is 0.220 e. The average Bonchev–Trinajstić information content (AvgIpc) is 3.17. The number of unbranched alkanes of at least 4 members (excludes halogenated alkanes) is 4. The SMILES string of the molecule is CC/C=C\C/C=C\C/C=C\C/C=C\C/C=C\C/C=C\C/C=C\C/C=C\CCCCC(=O)NC(COC1OC(CO)C(O)C(O)C1O)C(O)/C=C/CCCC. The molecular weight excluding hydrogens is 682 g/mol. The van der Waals surface area contributed by atoms with Crippen LogP contribution in [0.1, 0.15) is 110 Å². The average molecular weight is 754 g/mol. The maximum atomic E-state index is 12.8. The minimum atomic E-state index is -1.58. The van der Waals surface area contributed by atoms with Crippen LogP contribution in [0.4, 0.5) is 0 Å². The standard InChI is InChI=1S/C45H71NO8/c1-3-5-7-9-10-11-12-13-14-15-16-17-18-19-20-21-22-23-24-25-26-27-28-29-30-31-33-35-41(49)46-38(39(48)34-32-8-6-4-2)37-53-45-44(52)43(51)42(50)40(36-47)54-45/h5,7,10-11,13-14,16-17,19-20,22-23,25-26,28-29,32,34,38-40,42-45,47-48,50-52H,3-4,6,8-9,12,15,18,21,24,27,30-31,33,35-37H2,1-2H3,(H,46,49)/b7-5-,11-10-,14-13-,17-16-,20-19-,23-22-,26-25-,29-28-,34-32+. The summed E-state index contributed by atoms with van der Waals surface area (Å²) in [5, 5.41) is 53.4. The summed E-state index contributed by atoms with van der Waals surface area (Å²) in [6.45, 7) is 3.43.